The first-order valence-corrected chi connectivity index (χ1v) is 3.98. The van der Waals surface area contributed by atoms with Gasteiger partial charge in [0.25, 0.3) is 0 Å². The number of H-pyrrole nitrogens is 1. The van der Waals surface area contributed by atoms with Crippen LogP contribution in [0.25, 0.3) is 11.0 Å². The highest BCUT2D eigenvalue weighted by atomic mass is 19.3. The molecule has 15 heavy (non-hydrogen) atoms. The zero-order valence-corrected chi connectivity index (χ0v) is 7.22. The second-order valence-electron chi connectivity index (χ2n) is 2.90. The van der Waals surface area contributed by atoms with E-state index in [4.69, 9.17) is 0 Å². The van der Waals surface area contributed by atoms with Gasteiger partial charge in [0.05, 0.1) is 17.2 Å². The molecule has 0 unspecified atom stereocenters. The summed E-state index contributed by atoms with van der Waals surface area (Å²) in [5.41, 5.74) is 0.383. The number of fused-ring (bicyclic) bond motifs is 1. The Morgan fingerprint density at radius 1 is 1.33 bits per heavy atom. The number of rotatable bonds is 2. The van der Waals surface area contributed by atoms with Crippen LogP contribution < -0.4 is 0 Å². The Morgan fingerprint density at radius 2 is 2.07 bits per heavy atom. The molecule has 0 aliphatic carbocycles. The van der Waals surface area contributed by atoms with E-state index >= 15 is 0 Å². The largest absolute Gasteiger partial charge is 0.363 e. The molecule has 0 aromatic carbocycles. The van der Waals surface area contributed by atoms with Gasteiger partial charge in [-0.15, -0.1) is 0 Å². The number of hydrogen-bond donors (Lipinski definition) is 1. The van der Waals surface area contributed by atoms with Gasteiger partial charge >= 0.3 is 12.3 Å². The van der Waals surface area contributed by atoms with E-state index in [9.17, 15) is 17.6 Å². The van der Waals surface area contributed by atoms with Crippen molar-refractivity contribution in [1.29, 1.82) is 0 Å². The topological polar surface area (TPSA) is 41.6 Å². The molecule has 0 atom stereocenters. The number of hydrogen-bond acceptors (Lipinski definition) is 2. The van der Waals surface area contributed by atoms with Gasteiger partial charge < -0.3 is 4.98 Å². The number of alkyl halides is 4. The number of halogens is 4. The minimum atomic E-state index is -4.26. The minimum absolute atomic E-state index is 0.181. The van der Waals surface area contributed by atoms with Gasteiger partial charge in [-0.1, -0.05) is 0 Å². The summed E-state index contributed by atoms with van der Waals surface area (Å²) < 4.78 is 49.7. The van der Waals surface area contributed by atoms with Crippen LogP contribution in [0.1, 0.15) is 5.82 Å². The van der Waals surface area contributed by atoms with Crippen molar-refractivity contribution in [2.24, 2.45) is 0 Å². The van der Waals surface area contributed by atoms with Crippen LogP contribution in [0.4, 0.5) is 17.6 Å². The average Bonchev–Trinajstić information content (AvgIpc) is 2.61. The molecule has 0 saturated heterocycles. The number of imidazole rings is 1. The zero-order valence-electron chi connectivity index (χ0n) is 7.22. The Bertz CT molecular complexity index is 446. The quantitative estimate of drug-likeness (QED) is 0.787. The first-order chi connectivity index (χ1) is 7.01. The molecular weight excluding hydrogens is 214 g/mol. The highest BCUT2D eigenvalue weighted by Gasteiger charge is 2.45. The van der Waals surface area contributed by atoms with E-state index in [0.29, 0.717) is 0 Å². The third-order valence-electron chi connectivity index (χ3n) is 1.87. The smallest absolute Gasteiger partial charge is 0.335 e. The molecule has 0 bridgehead atoms. The van der Waals surface area contributed by atoms with E-state index in [1.54, 1.807) is 0 Å². The van der Waals surface area contributed by atoms with Crippen molar-refractivity contribution in [3.05, 3.63) is 24.3 Å². The molecule has 0 spiro atoms. The number of pyridine rings is 1. The fraction of sp³-hybridized carbons (Fsp3) is 0.250. The lowest BCUT2D eigenvalue weighted by Gasteiger charge is -2.11. The fourth-order valence-electron chi connectivity index (χ4n) is 1.12. The Kier molecular flexibility index (Phi) is 2.09. The van der Waals surface area contributed by atoms with E-state index in [2.05, 4.69) is 15.0 Å². The van der Waals surface area contributed by atoms with Crippen LogP contribution in [-0.4, -0.2) is 21.4 Å². The molecule has 3 nitrogen and oxygen atoms in total. The first kappa shape index (κ1) is 9.88. The maximum absolute atomic E-state index is 12.9. The highest BCUT2D eigenvalue weighted by molar-refractivity contribution is 5.73. The van der Waals surface area contributed by atoms with Crippen molar-refractivity contribution in [3.63, 3.8) is 0 Å². The summed E-state index contributed by atoms with van der Waals surface area (Å²) in [6, 6.07) is 1.36. The number of aromatic nitrogens is 3. The van der Waals surface area contributed by atoms with Crippen LogP contribution in [0.15, 0.2) is 18.5 Å². The second kappa shape index (κ2) is 3.18. The molecule has 0 aliphatic rings. The first-order valence-electron chi connectivity index (χ1n) is 3.98. The molecule has 2 rings (SSSR count). The summed E-state index contributed by atoms with van der Waals surface area (Å²) in [5.74, 6) is -5.31. The van der Waals surface area contributed by atoms with Crippen LogP contribution in [0.3, 0.4) is 0 Å². The number of aromatic amines is 1. The molecule has 0 aliphatic heterocycles. The Labute approximate surface area is 81.2 Å². The summed E-state index contributed by atoms with van der Waals surface area (Å²) in [6.07, 6.45) is -1.20. The van der Waals surface area contributed by atoms with Crippen LogP contribution >= 0.6 is 0 Å². The van der Waals surface area contributed by atoms with Crippen LogP contribution in [-0.2, 0) is 5.92 Å². The molecule has 0 radical (unpaired) electrons. The molecule has 1 N–H and O–H groups in total. The molecule has 2 heterocycles. The van der Waals surface area contributed by atoms with Gasteiger partial charge in [-0.25, -0.2) is 13.8 Å². The third-order valence-corrected chi connectivity index (χ3v) is 1.87. The van der Waals surface area contributed by atoms with Crippen LogP contribution in [0.2, 0.25) is 0 Å². The summed E-state index contributed by atoms with van der Waals surface area (Å²) in [7, 11) is 0. The molecule has 0 fully saturated rings. The summed E-state index contributed by atoms with van der Waals surface area (Å²) in [5, 5.41) is 0. The zero-order chi connectivity index (χ0) is 11.1. The standard InChI is InChI=1S/C8H5F4N3/c9-6(10)8(11,12)7-14-4-1-2-13-3-5(4)15-7/h1-3,6H,(H,14,15). The van der Waals surface area contributed by atoms with E-state index in [0.717, 1.165) is 0 Å². The van der Waals surface area contributed by atoms with Crippen molar-refractivity contribution < 1.29 is 17.6 Å². The van der Waals surface area contributed by atoms with Crippen molar-refractivity contribution in [3.8, 4) is 0 Å². The lowest BCUT2D eigenvalue weighted by Crippen LogP contribution is -2.25. The Hall–Kier alpha value is -1.66. The lowest BCUT2D eigenvalue weighted by atomic mass is 10.3. The van der Waals surface area contributed by atoms with E-state index in [1.165, 1.54) is 18.5 Å². The fourth-order valence-corrected chi connectivity index (χ4v) is 1.12. The van der Waals surface area contributed by atoms with Gasteiger partial charge in [-0.3, -0.25) is 4.98 Å². The number of nitrogens with one attached hydrogen (secondary N) is 1. The molecule has 80 valence electrons. The predicted molar refractivity (Wildman–Crippen MR) is 43.8 cm³/mol. The summed E-state index contributed by atoms with van der Waals surface area (Å²) in [4.78, 5) is 9.14. The van der Waals surface area contributed by atoms with Crippen LogP contribution in [0, 0.1) is 0 Å². The molecule has 2 aromatic rings. The van der Waals surface area contributed by atoms with Gasteiger partial charge in [-0.2, -0.15) is 8.78 Å². The Balaban J connectivity index is 2.53. The van der Waals surface area contributed by atoms with Gasteiger partial charge in [0.2, 0.25) is 0 Å². The van der Waals surface area contributed by atoms with Gasteiger partial charge in [0, 0.05) is 6.20 Å². The minimum Gasteiger partial charge on any atom is -0.335 e. The molecule has 7 heteroatoms. The van der Waals surface area contributed by atoms with E-state index in [1.807, 2.05) is 0 Å². The third kappa shape index (κ3) is 1.53. The highest BCUT2D eigenvalue weighted by Crippen LogP contribution is 2.33. The van der Waals surface area contributed by atoms with Crippen molar-refractivity contribution in [1.82, 2.24) is 15.0 Å². The maximum atomic E-state index is 12.9. The monoisotopic (exact) mass is 219 g/mol. The SMILES string of the molecule is FC(F)C(F)(F)c1nc2ccncc2[nH]1. The molecule has 0 amide bonds. The maximum Gasteiger partial charge on any atom is 0.363 e. The lowest BCUT2D eigenvalue weighted by molar-refractivity contribution is -0.140. The molecule has 2 aromatic heterocycles. The van der Waals surface area contributed by atoms with Crippen molar-refractivity contribution in [2.75, 3.05) is 0 Å². The normalized spacial score (nSPS) is 12.6. The van der Waals surface area contributed by atoms with E-state index in [-0.39, 0.29) is 11.0 Å². The second-order valence-corrected chi connectivity index (χ2v) is 2.90. The summed E-state index contributed by atoms with van der Waals surface area (Å²) in [6.45, 7) is 0. The van der Waals surface area contributed by atoms with Gasteiger partial charge in [0.1, 0.15) is 0 Å². The average molecular weight is 219 g/mol. The predicted octanol–water partition coefficient (Wildman–Crippen LogP) is 2.31. The van der Waals surface area contributed by atoms with Crippen molar-refractivity contribution in [2.45, 2.75) is 12.3 Å². The van der Waals surface area contributed by atoms with Gasteiger partial charge in [0.15, 0.2) is 5.82 Å². The molecule has 0 saturated carbocycles. The number of nitrogens with zero attached hydrogens (tertiary/aromatic N) is 2. The summed E-state index contributed by atoms with van der Waals surface area (Å²) >= 11 is 0. The molecular formula is C8H5F4N3. The van der Waals surface area contributed by atoms with Crippen LogP contribution in [0.5, 0.6) is 0 Å². The Morgan fingerprint density at radius 3 is 2.67 bits per heavy atom. The van der Waals surface area contributed by atoms with E-state index < -0.39 is 18.2 Å². The van der Waals surface area contributed by atoms with Crippen molar-refractivity contribution >= 4 is 11.0 Å². The van der Waals surface area contributed by atoms with Gasteiger partial charge in [-0.05, 0) is 6.07 Å².